The second-order valence-electron chi connectivity index (χ2n) is 4.78. The van der Waals surface area contributed by atoms with E-state index in [-0.39, 0.29) is 5.04 Å². The second kappa shape index (κ2) is 5.30. The first kappa shape index (κ1) is 14.2. The predicted octanol–water partition coefficient (Wildman–Crippen LogP) is 2.37. The number of nitrogens with zero attached hydrogens (tertiary/aromatic N) is 1. The largest absolute Gasteiger partial charge is 0.592 e. The van der Waals surface area contributed by atoms with Crippen molar-refractivity contribution in [3.8, 4) is 0 Å². The molecule has 0 N–H and O–H groups in total. The van der Waals surface area contributed by atoms with Gasteiger partial charge in [0.15, 0.2) is 8.32 Å². The summed E-state index contributed by atoms with van der Waals surface area (Å²) in [5, 5.41) is 0.214. The highest BCUT2D eigenvalue weighted by atomic mass is 32.2. The lowest BCUT2D eigenvalue weighted by Crippen LogP contribution is -2.41. The zero-order valence-corrected chi connectivity index (χ0v) is 11.8. The van der Waals surface area contributed by atoms with Gasteiger partial charge in [0.2, 0.25) is 0 Å². The summed E-state index contributed by atoms with van der Waals surface area (Å²) in [5.74, 6) is 0. The predicted molar refractivity (Wildman–Crippen MR) is 65.7 cm³/mol. The highest BCUT2D eigenvalue weighted by Gasteiger charge is 2.36. The number of hydrogen-bond donors (Lipinski definition) is 0. The standard InChI is InChI=1S/C9H21NO2SSi/c1-9(2,3)14(5,6)12-8-7-10-13(4)11/h7H,8H2,1-6H3/b10-7+/t13-/m1/s1. The van der Waals surface area contributed by atoms with Gasteiger partial charge < -0.3 is 8.98 Å². The summed E-state index contributed by atoms with van der Waals surface area (Å²) in [5.41, 5.74) is 0. The molecular formula is C9H21NO2SSi. The van der Waals surface area contributed by atoms with E-state index < -0.39 is 19.7 Å². The highest BCUT2D eigenvalue weighted by Crippen LogP contribution is 2.36. The van der Waals surface area contributed by atoms with E-state index in [0.29, 0.717) is 6.61 Å². The van der Waals surface area contributed by atoms with Crippen molar-refractivity contribution < 1.29 is 8.98 Å². The van der Waals surface area contributed by atoms with Gasteiger partial charge in [-0.05, 0) is 18.1 Å². The molecule has 0 unspecified atom stereocenters. The van der Waals surface area contributed by atoms with Crippen LogP contribution in [0.5, 0.6) is 0 Å². The fraction of sp³-hybridized carbons (Fsp3) is 0.889. The third-order valence-corrected chi connectivity index (χ3v) is 7.49. The summed E-state index contributed by atoms with van der Waals surface area (Å²) in [6.07, 6.45) is 3.14. The van der Waals surface area contributed by atoms with E-state index in [1.165, 1.54) is 0 Å². The Labute approximate surface area is 91.4 Å². The third kappa shape index (κ3) is 5.14. The van der Waals surface area contributed by atoms with Crippen LogP contribution in [0.1, 0.15) is 20.8 Å². The van der Waals surface area contributed by atoms with E-state index in [2.05, 4.69) is 38.3 Å². The molecule has 84 valence electrons. The topological polar surface area (TPSA) is 44.7 Å². The molecular weight excluding hydrogens is 214 g/mol. The molecule has 0 spiro atoms. The zero-order chi connectivity index (χ0) is 11.4. The molecule has 0 aromatic heterocycles. The number of rotatable bonds is 4. The van der Waals surface area contributed by atoms with Crippen molar-refractivity contribution in [1.29, 1.82) is 0 Å². The zero-order valence-electron chi connectivity index (χ0n) is 9.96. The van der Waals surface area contributed by atoms with Crippen molar-refractivity contribution in [3.63, 3.8) is 0 Å². The maximum absolute atomic E-state index is 10.6. The summed E-state index contributed by atoms with van der Waals surface area (Å²) >= 11 is -1.11. The van der Waals surface area contributed by atoms with Crippen LogP contribution in [0.4, 0.5) is 0 Å². The Morgan fingerprint density at radius 1 is 1.43 bits per heavy atom. The van der Waals surface area contributed by atoms with Crippen LogP contribution in [0, 0.1) is 0 Å². The Bertz CT molecular complexity index is 199. The molecule has 0 aromatic rings. The molecule has 5 heteroatoms. The highest BCUT2D eigenvalue weighted by molar-refractivity contribution is 7.89. The van der Waals surface area contributed by atoms with Gasteiger partial charge in [-0.15, -0.1) is 0 Å². The van der Waals surface area contributed by atoms with Gasteiger partial charge in [0, 0.05) is 0 Å². The fourth-order valence-corrected chi connectivity index (χ4v) is 1.79. The minimum Gasteiger partial charge on any atom is -0.592 e. The maximum Gasteiger partial charge on any atom is 0.192 e. The smallest absolute Gasteiger partial charge is 0.192 e. The molecule has 3 nitrogen and oxygen atoms in total. The van der Waals surface area contributed by atoms with Crippen molar-refractivity contribution in [2.45, 2.75) is 38.9 Å². The Morgan fingerprint density at radius 2 is 1.93 bits per heavy atom. The number of hydrogen-bond acceptors (Lipinski definition) is 3. The first-order valence-corrected chi connectivity index (χ1v) is 9.09. The molecule has 0 aliphatic heterocycles. The van der Waals surface area contributed by atoms with E-state index in [9.17, 15) is 4.55 Å². The molecule has 0 aliphatic carbocycles. The first-order valence-electron chi connectivity index (χ1n) is 4.67. The SMILES string of the molecule is C[S@@+]([O-])/N=C/CO[Si](C)(C)C(C)(C)C. The Kier molecular flexibility index (Phi) is 5.36. The molecule has 14 heavy (non-hydrogen) atoms. The average molecular weight is 235 g/mol. The van der Waals surface area contributed by atoms with Gasteiger partial charge in [-0.2, -0.15) is 0 Å². The molecule has 0 heterocycles. The minimum atomic E-state index is -1.67. The van der Waals surface area contributed by atoms with Gasteiger partial charge in [-0.3, -0.25) is 0 Å². The van der Waals surface area contributed by atoms with Crippen LogP contribution >= 0.6 is 0 Å². The molecule has 0 saturated heterocycles. The average Bonchev–Trinajstić information content (AvgIpc) is 1.95. The van der Waals surface area contributed by atoms with E-state index in [0.717, 1.165) is 0 Å². The fourth-order valence-electron chi connectivity index (χ4n) is 0.598. The molecule has 0 fully saturated rings. The van der Waals surface area contributed by atoms with Crippen molar-refractivity contribution in [3.05, 3.63) is 0 Å². The first-order chi connectivity index (χ1) is 6.17. The molecule has 0 bridgehead atoms. The second-order valence-corrected chi connectivity index (χ2v) is 10.7. The quantitative estimate of drug-likeness (QED) is 0.426. The summed E-state index contributed by atoms with van der Waals surface area (Å²) in [6.45, 7) is 11.4. The van der Waals surface area contributed by atoms with Crippen molar-refractivity contribution in [2.75, 3.05) is 12.9 Å². The van der Waals surface area contributed by atoms with E-state index in [1.807, 2.05) is 0 Å². The van der Waals surface area contributed by atoms with Crippen LogP contribution in [-0.4, -0.2) is 31.9 Å². The molecule has 0 amide bonds. The normalized spacial score (nSPS) is 16.2. The maximum atomic E-state index is 10.6. The molecule has 0 rings (SSSR count). The Morgan fingerprint density at radius 3 is 2.29 bits per heavy atom. The molecule has 0 aliphatic rings. The summed E-state index contributed by atoms with van der Waals surface area (Å²) in [4.78, 5) is 0. The van der Waals surface area contributed by atoms with Crippen molar-refractivity contribution in [1.82, 2.24) is 0 Å². The third-order valence-electron chi connectivity index (χ3n) is 2.55. The molecule has 0 saturated carbocycles. The van der Waals surface area contributed by atoms with E-state index in [4.69, 9.17) is 4.43 Å². The van der Waals surface area contributed by atoms with Gasteiger partial charge in [0.05, 0.1) is 24.2 Å². The summed E-state index contributed by atoms with van der Waals surface area (Å²) in [6, 6.07) is 0. The lowest BCUT2D eigenvalue weighted by molar-refractivity contribution is 0.343. The van der Waals surface area contributed by atoms with Gasteiger partial charge in [0.1, 0.15) is 6.26 Å². The van der Waals surface area contributed by atoms with Crippen LogP contribution in [0.2, 0.25) is 18.1 Å². The van der Waals surface area contributed by atoms with Crippen LogP contribution in [0.3, 0.4) is 0 Å². The van der Waals surface area contributed by atoms with E-state index in [1.54, 1.807) is 12.5 Å². The van der Waals surface area contributed by atoms with Crippen LogP contribution in [-0.2, 0) is 15.8 Å². The molecule has 0 aromatic carbocycles. The van der Waals surface area contributed by atoms with Crippen molar-refractivity contribution >= 4 is 25.9 Å². The molecule has 0 radical (unpaired) electrons. The summed E-state index contributed by atoms with van der Waals surface area (Å²) < 4.78 is 20.2. The minimum absolute atomic E-state index is 0.214. The van der Waals surface area contributed by atoms with Crippen molar-refractivity contribution in [2.24, 2.45) is 4.40 Å². The van der Waals surface area contributed by atoms with Gasteiger partial charge in [-0.1, -0.05) is 25.2 Å². The monoisotopic (exact) mass is 235 g/mol. The Balaban J connectivity index is 4.01. The van der Waals surface area contributed by atoms with Crippen LogP contribution in [0.25, 0.3) is 0 Å². The van der Waals surface area contributed by atoms with Gasteiger partial charge in [-0.25, -0.2) is 0 Å². The molecule has 1 atom stereocenters. The van der Waals surface area contributed by atoms with E-state index >= 15 is 0 Å². The summed E-state index contributed by atoms with van der Waals surface area (Å²) in [7, 11) is -1.67. The lowest BCUT2D eigenvalue weighted by atomic mass is 10.2. The lowest BCUT2D eigenvalue weighted by Gasteiger charge is -2.35. The van der Waals surface area contributed by atoms with Crippen LogP contribution < -0.4 is 0 Å². The Hall–Kier alpha value is 0.157. The van der Waals surface area contributed by atoms with Crippen LogP contribution in [0.15, 0.2) is 4.40 Å². The van der Waals surface area contributed by atoms with Gasteiger partial charge in [0.25, 0.3) is 0 Å². The van der Waals surface area contributed by atoms with Gasteiger partial charge >= 0.3 is 0 Å².